The topological polar surface area (TPSA) is 89.0 Å². The number of nitrogens with one attached hydrogen (secondary N) is 2. The van der Waals surface area contributed by atoms with Crippen LogP contribution in [0.25, 0.3) is 0 Å². The van der Waals surface area contributed by atoms with Gasteiger partial charge in [0, 0.05) is 29.1 Å². The third kappa shape index (κ3) is 7.89. The van der Waals surface area contributed by atoms with E-state index in [4.69, 9.17) is 44.3 Å². The van der Waals surface area contributed by atoms with Gasteiger partial charge in [0.25, 0.3) is 5.91 Å². The molecule has 0 saturated heterocycles. The van der Waals surface area contributed by atoms with Crippen molar-refractivity contribution in [3.63, 3.8) is 0 Å². The first-order valence-corrected chi connectivity index (χ1v) is 11.6. The van der Waals surface area contributed by atoms with Crippen LogP contribution >= 0.6 is 34.8 Å². The molecule has 0 radical (unpaired) electrons. The van der Waals surface area contributed by atoms with E-state index >= 15 is 0 Å². The fourth-order valence-corrected chi connectivity index (χ4v) is 3.41. The molecule has 7 nitrogen and oxygen atoms in total. The Morgan fingerprint density at radius 1 is 0.943 bits per heavy atom. The second kappa shape index (κ2) is 13.0. The summed E-state index contributed by atoms with van der Waals surface area (Å²) in [6.07, 6.45) is 1.52. The van der Waals surface area contributed by atoms with Crippen LogP contribution in [0.1, 0.15) is 27.9 Å². The average Bonchev–Trinajstić information content (AvgIpc) is 2.85. The molecule has 3 aromatic rings. The zero-order chi connectivity index (χ0) is 25.2. The molecule has 35 heavy (non-hydrogen) atoms. The molecule has 0 fully saturated rings. The molecule has 0 aliphatic heterocycles. The number of nitrogens with zero attached hydrogens (tertiary/aromatic N) is 1. The number of ether oxygens (including phenoxy) is 2. The molecular weight excluding hydrogens is 513 g/mol. The van der Waals surface area contributed by atoms with Gasteiger partial charge in [0.2, 0.25) is 5.91 Å². The minimum atomic E-state index is -0.359. The van der Waals surface area contributed by atoms with Gasteiger partial charge in [-0.05, 0) is 48.0 Å². The van der Waals surface area contributed by atoms with Gasteiger partial charge < -0.3 is 14.8 Å². The molecule has 0 bridgehead atoms. The third-order valence-electron chi connectivity index (χ3n) is 4.75. The van der Waals surface area contributed by atoms with Crippen LogP contribution < -0.4 is 20.2 Å². The van der Waals surface area contributed by atoms with Gasteiger partial charge >= 0.3 is 0 Å². The Kier molecular flexibility index (Phi) is 9.78. The maximum absolute atomic E-state index is 12.1. The van der Waals surface area contributed by atoms with Crippen LogP contribution in [0, 0.1) is 0 Å². The lowest BCUT2D eigenvalue weighted by Crippen LogP contribution is -2.29. The zero-order valence-electron chi connectivity index (χ0n) is 18.7. The average molecular weight is 535 g/mol. The Morgan fingerprint density at radius 3 is 2.49 bits per heavy atom. The lowest BCUT2D eigenvalue weighted by Gasteiger charge is -2.12. The Hall–Kier alpha value is -3.26. The SMILES string of the molecule is COc1cc(C=NNC(=O)CCNC(=O)c2ccc(Cl)c(Cl)c2)ccc1OCc1ccccc1Cl. The zero-order valence-corrected chi connectivity index (χ0v) is 21.0. The summed E-state index contributed by atoms with van der Waals surface area (Å²) < 4.78 is 11.2. The van der Waals surface area contributed by atoms with Crippen molar-refractivity contribution in [2.45, 2.75) is 13.0 Å². The van der Waals surface area contributed by atoms with E-state index in [1.807, 2.05) is 18.2 Å². The molecule has 3 rings (SSSR count). The molecule has 0 aliphatic carbocycles. The Bertz CT molecular complexity index is 1230. The number of methoxy groups -OCH3 is 1. The molecule has 0 aromatic heterocycles. The highest BCUT2D eigenvalue weighted by Gasteiger charge is 2.09. The van der Waals surface area contributed by atoms with Crippen molar-refractivity contribution >= 4 is 52.8 Å². The van der Waals surface area contributed by atoms with E-state index in [0.29, 0.717) is 39.3 Å². The second-order valence-corrected chi connectivity index (χ2v) is 8.44. The standard InChI is InChI=1S/C25H22Cl3N3O4/c1-34-23-12-16(6-9-22(23)35-15-18-4-2-3-5-19(18)26)14-30-31-24(32)10-11-29-25(33)17-7-8-20(27)21(28)13-17/h2-9,12-14H,10-11,15H2,1H3,(H,29,33)(H,31,32). The van der Waals surface area contributed by atoms with Gasteiger partial charge in [0.05, 0.1) is 23.4 Å². The van der Waals surface area contributed by atoms with E-state index in [1.54, 1.807) is 30.3 Å². The summed E-state index contributed by atoms with van der Waals surface area (Å²) in [4.78, 5) is 24.1. The van der Waals surface area contributed by atoms with Crippen LogP contribution in [-0.2, 0) is 11.4 Å². The fourth-order valence-electron chi connectivity index (χ4n) is 2.92. The van der Waals surface area contributed by atoms with Crippen molar-refractivity contribution in [2.24, 2.45) is 5.10 Å². The van der Waals surface area contributed by atoms with Crippen molar-refractivity contribution in [1.82, 2.24) is 10.7 Å². The summed E-state index contributed by atoms with van der Waals surface area (Å²) >= 11 is 17.9. The minimum absolute atomic E-state index is 0.0442. The fraction of sp³-hybridized carbons (Fsp3) is 0.160. The van der Waals surface area contributed by atoms with Crippen LogP contribution in [0.15, 0.2) is 65.8 Å². The molecule has 10 heteroatoms. The molecule has 0 spiro atoms. The van der Waals surface area contributed by atoms with Crippen LogP contribution in [0.2, 0.25) is 15.1 Å². The van der Waals surface area contributed by atoms with E-state index in [2.05, 4.69) is 15.8 Å². The normalized spacial score (nSPS) is 10.7. The number of carbonyl (C=O) groups is 2. The Labute approximate surface area is 218 Å². The van der Waals surface area contributed by atoms with Crippen molar-refractivity contribution in [3.8, 4) is 11.5 Å². The van der Waals surface area contributed by atoms with Crippen LogP contribution in [-0.4, -0.2) is 31.7 Å². The third-order valence-corrected chi connectivity index (χ3v) is 5.86. The van der Waals surface area contributed by atoms with Gasteiger partial charge in [-0.1, -0.05) is 53.0 Å². The van der Waals surface area contributed by atoms with E-state index < -0.39 is 0 Å². The van der Waals surface area contributed by atoms with Gasteiger partial charge in [0.15, 0.2) is 11.5 Å². The summed E-state index contributed by atoms with van der Waals surface area (Å²) in [7, 11) is 1.53. The second-order valence-electron chi connectivity index (χ2n) is 7.22. The predicted molar refractivity (Wildman–Crippen MR) is 138 cm³/mol. The summed E-state index contributed by atoms with van der Waals surface area (Å²) in [5, 5.41) is 7.85. The molecular formula is C25H22Cl3N3O4. The maximum Gasteiger partial charge on any atom is 0.251 e. The Balaban J connectivity index is 1.46. The molecule has 0 atom stereocenters. The quantitative estimate of drug-likeness (QED) is 0.265. The molecule has 2 N–H and O–H groups in total. The van der Waals surface area contributed by atoms with E-state index in [0.717, 1.165) is 5.56 Å². The molecule has 2 amide bonds. The van der Waals surface area contributed by atoms with Gasteiger partial charge in [-0.15, -0.1) is 0 Å². The Morgan fingerprint density at radius 2 is 1.74 bits per heavy atom. The van der Waals surface area contributed by atoms with Crippen molar-refractivity contribution in [1.29, 1.82) is 0 Å². The van der Waals surface area contributed by atoms with Crippen LogP contribution in [0.5, 0.6) is 11.5 Å². The molecule has 0 aliphatic rings. The lowest BCUT2D eigenvalue weighted by molar-refractivity contribution is -0.120. The number of benzene rings is 3. The summed E-state index contributed by atoms with van der Waals surface area (Å²) in [5.41, 5.74) is 4.33. The number of halogens is 3. The van der Waals surface area contributed by atoms with E-state index in [9.17, 15) is 9.59 Å². The van der Waals surface area contributed by atoms with E-state index in [-0.39, 0.29) is 29.8 Å². The van der Waals surface area contributed by atoms with Crippen molar-refractivity contribution in [3.05, 3.63) is 92.4 Å². The summed E-state index contributed by atoms with van der Waals surface area (Å²) in [6, 6.07) is 17.2. The smallest absolute Gasteiger partial charge is 0.251 e. The van der Waals surface area contributed by atoms with Crippen LogP contribution in [0.3, 0.4) is 0 Å². The number of rotatable bonds is 10. The number of hydrogen-bond acceptors (Lipinski definition) is 5. The van der Waals surface area contributed by atoms with Crippen LogP contribution in [0.4, 0.5) is 0 Å². The molecule has 0 saturated carbocycles. The number of hydrazone groups is 1. The van der Waals surface area contributed by atoms with Gasteiger partial charge in [0.1, 0.15) is 6.61 Å². The van der Waals surface area contributed by atoms with Gasteiger partial charge in [-0.3, -0.25) is 9.59 Å². The van der Waals surface area contributed by atoms with Gasteiger partial charge in [-0.2, -0.15) is 5.10 Å². The van der Waals surface area contributed by atoms with E-state index in [1.165, 1.54) is 25.5 Å². The summed E-state index contributed by atoms with van der Waals surface area (Å²) in [6.45, 7) is 0.423. The molecule has 0 unspecified atom stereocenters. The highest BCUT2D eigenvalue weighted by Crippen LogP contribution is 2.29. The molecule has 182 valence electrons. The first-order chi connectivity index (χ1) is 16.9. The number of amides is 2. The highest BCUT2D eigenvalue weighted by atomic mass is 35.5. The monoisotopic (exact) mass is 533 g/mol. The first kappa shape index (κ1) is 26.3. The molecule has 3 aromatic carbocycles. The number of carbonyl (C=O) groups excluding carboxylic acids is 2. The minimum Gasteiger partial charge on any atom is -0.493 e. The first-order valence-electron chi connectivity index (χ1n) is 10.5. The maximum atomic E-state index is 12.1. The van der Waals surface area contributed by atoms with Gasteiger partial charge in [-0.25, -0.2) is 5.43 Å². The summed E-state index contributed by atoms with van der Waals surface area (Å²) in [5.74, 6) is 0.342. The number of hydrogen-bond donors (Lipinski definition) is 2. The highest BCUT2D eigenvalue weighted by molar-refractivity contribution is 6.42. The largest absolute Gasteiger partial charge is 0.493 e. The molecule has 0 heterocycles. The van der Waals surface area contributed by atoms with Crippen molar-refractivity contribution in [2.75, 3.05) is 13.7 Å². The predicted octanol–water partition coefficient (Wildman–Crippen LogP) is 5.50. The van der Waals surface area contributed by atoms with Crippen molar-refractivity contribution < 1.29 is 19.1 Å². The lowest BCUT2D eigenvalue weighted by atomic mass is 10.2.